The van der Waals surface area contributed by atoms with Gasteiger partial charge < -0.3 is 0 Å². The maximum atomic E-state index is 13.2. The summed E-state index contributed by atoms with van der Waals surface area (Å²) in [5.41, 5.74) is 3.05. The van der Waals surface area contributed by atoms with Crippen molar-refractivity contribution in [2.75, 3.05) is 6.61 Å². The maximum absolute atomic E-state index is 13.2. The summed E-state index contributed by atoms with van der Waals surface area (Å²) >= 11 is 2.48. The number of Topliss-reactive ketones (excluding diaryl/α,β-unsaturated/α-hetero) is 1. The summed E-state index contributed by atoms with van der Waals surface area (Å²) in [7, 11) is 0. The second kappa shape index (κ2) is 10.3. The summed E-state index contributed by atoms with van der Waals surface area (Å²) in [5.74, 6) is 0.238. The van der Waals surface area contributed by atoms with Crippen molar-refractivity contribution in [3.63, 3.8) is 0 Å². The van der Waals surface area contributed by atoms with Crippen LogP contribution in [0.5, 0.6) is 5.75 Å². The number of hydrogen-bond donors (Lipinski definition) is 0. The van der Waals surface area contributed by atoms with Crippen LogP contribution in [0.2, 0.25) is 0 Å². The molecule has 4 nitrogen and oxygen atoms in total. The number of ether oxygens (including phenoxy) is 1. The molecular formula is C25H21BrIO4-. The van der Waals surface area contributed by atoms with Gasteiger partial charge in [0.2, 0.25) is 0 Å². The molecule has 160 valence electrons. The molecule has 0 aliphatic carbocycles. The second-order valence-corrected chi connectivity index (χ2v) is 10.5. The normalized spacial score (nSPS) is 10.7. The van der Waals surface area contributed by atoms with E-state index in [1.54, 1.807) is 36.4 Å². The van der Waals surface area contributed by atoms with Crippen molar-refractivity contribution in [2.24, 2.45) is 0 Å². The summed E-state index contributed by atoms with van der Waals surface area (Å²) in [6.45, 7) is 5.72. The molecule has 0 radical (unpaired) electrons. The van der Waals surface area contributed by atoms with E-state index >= 15 is 0 Å². The summed E-state index contributed by atoms with van der Waals surface area (Å²) in [4.78, 5) is 37.7. The van der Waals surface area contributed by atoms with Crippen LogP contribution in [0.3, 0.4) is 0 Å². The van der Waals surface area contributed by atoms with Gasteiger partial charge in [-0.1, -0.05) is 0 Å². The number of carbonyl (C=O) groups is 3. The Hall–Kier alpha value is -2.32. The van der Waals surface area contributed by atoms with Gasteiger partial charge in [-0.15, -0.1) is 0 Å². The molecule has 0 atom stereocenters. The number of aryl methyl sites for hydroxylation is 1. The number of halogens is 2. The van der Waals surface area contributed by atoms with Crippen LogP contribution in [-0.2, 0) is 0 Å². The fraction of sp³-hybridized carbons (Fsp3) is 0.160. The third-order valence-corrected chi connectivity index (χ3v) is 7.61. The van der Waals surface area contributed by atoms with Gasteiger partial charge in [0.15, 0.2) is 0 Å². The number of carbonyl (C=O) groups excluding carboxylic acids is 3. The van der Waals surface area contributed by atoms with Crippen molar-refractivity contribution in [3.05, 3.63) is 96.5 Å². The predicted molar refractivity (Wildman–Crippen MR) is 119 cm³/mol. The molecule has 0 fully saturated rings. The molecule has 3 rings (SSSR count). The van der Waals surface area contributed by atoms with E-state index in [0.29, 0.717) is 39.1 Å². The zero-order valence-corrected chi connectivity index (χ0v) is 21.1. The Morgan fingerprint density at radius 1 is 0.903 bits per heavy atom. The van der Waals surface area contributed by atoms with Gasteiger partial charge in [-0.3, -0.25) is 0 Å². The SMILES string of the molecule is CCOc1c(Br)cc(C(=O)[I-]c2ccc(C(C)=O)cc2)cc1C(=O)c1ccc(C)cc1. The zero-order valence-electron chi connectivity index (χ0n) is 17.4. The van der Waals surface area contributed by atoms with Gasteiger partial charge in [-0.25, -0.2) is 0 Å². The van der Waals surface area contributed by atoms with E-state index < -0.39 is 21.2 Å². The van der Waals surface area contributed by atoms with Crippen LogP contribution in [0.4, 0.5) is 0 Å². The molecule has 0 N–H and O–H groups in total. The molecule has 0 amide bonds. The molecule has 0 unspecified atom stereocenters. The summed E-state index contributed by atoms with van der Waals surface area (Å²) < 4.78 is 7.19. The van der Waals surface area contributed by atoms with Crippen LogP contribution >= 0.6 is 15.9 Å². The Morgan fingerprint density at radius 2 is 1.52 bits per heavy atom. The molecular weight excluding hydrogens is 571 g/mol. The van der Waals surface area contributed by atoms with Crippen LogP contribution in [0, 0.1) is 10.5 Å². The number of rotatable bonds is 8. The first-order chi connectivity index (χ1) is 14.8. The van der Waals surface area contributed by atoms with Gasteiger partial charge in [0.1, 0.15) is 0 Å². The minimum atomic E-state index is -0.994. The first-order valence-electron chi connectivity index (χ1n) is 9.68. The molecule has 3 aromatic rings. The fourth-order valence-corrected chi connectivity index (χ4v) is 5.41. The first kappa shape index (κ1) is 23.3. The molecule has 3 aromatic carbocycles. The van der Waals surface area contributed by atoms with E-state index in [4.69, 9.17) is 4.74 Å². The molecule has 0 saturated carbocycles. The van der Waals surface area contributed by atoms with Crippen molar-refractivity contribution in [1.29, 1.82) is 0 Å². The molecule has 31 heavy (non-hydrogen) atoms. The quantitative estimate of drug-likeness (QED) is 0.230. The summed E-state index contributed by atoms with van der Waals surface area (Å²) in [6.07, 6.45) is 0. The van der Waals surface area contributed by atoms with Gasteiger partial charge in [-0.05, 0) is 0 Å². The van der Waals surface area contributed by atoms with Crippen molar-refractivity contribution in [3.8, 4) is 5.75 Å². The average Bonchev–Trinajstić information content (AvgIpc) is 2.75. The second-order valence-electron chi connectivity index (χ2n) is 6.89. The first-order valence-corrected chi connectivity index (χ1v) is 12.6. The number of benzene rings is 3. The van der Waals surface area contributed by atoms with Crippen LogP contribution in [0.15, 0.2) is 65.1 Å². The van der Waals surface area contributed by atoms with Gasteiger partial charge in [0.25, 0.3) is 0 Å². The fourth-order valence-electron chi connectivity index (χ4n) is 2.93. The Bertz CT molecular complexity index is 1140. The molecule has 0 saturated heterocycles. The van der Waals surface area contributed by atoms with Crippen molar-refractivity contribution >= 4 is 31.3 Å². The molecule has 0 aromatic heterocycles. The van der Waals surface area contributed by atoms with E-state index in [1.807, 2.05) is 38.1 Å². The zero-order chi connectivity index (χ0) is 22.5. The summed E-state index contributed by atoms with van der Waals surface area (Å²) in [6, 6.07) is 17.8. The Morgan fingerprint density at radius 3 is 2.10 bits per heavy atom. The minimum absolute atomic E-state index is 0.00854. The van der Waals surface area contributed by atoms with E-state index in [2.05, 4.69) is 15.9 Å². The molecule has 6 heteroatoms. The third-order valence-electron chi connectivity index (χ3n) is 4.56. The van der Waals surface area contributed by atoms with Crippen LogP contribution in [0.1, 0.15) is 56.0 Å². The number of ketones is 2. The predicted octanol–water partition coefficient (Wildman–Crippen LogP) is 2.69. The van der Waals surface area contributed by atoms with Gasteiger partial charge in [0, 0.05) is 0 Å². The van der Waals surface area contributed by atoms with Crippen LogP contribution in [-0.4, -0.2) is 22.0 Å². The molecule has 0 aliphatic heterocycles. The number of hydrogen-bond acceptors (Lipinski definition) is 4. The van der Waals surface area contributed by atoms with E-state index in [-0.39, 0.29) is 15.4 Å². The molecule has 0 heterocycles. The van der Waals surface area contributed by atoms with Crippen molar-refractivity contribution in [1.82, 2.24) is 0 Å². The van der Waals surface area contributed by atoms with E-state index in [9.17, 15) is 14.4 Å². The van der Waals surface area contributed by atoms with Gasteiger partial charge >= 0.3 is 201 Å². The topological polar surface area (TPSA) is 60.4 Å². The summed E-state index contributed by atoms with van der Waals surface area (Å²) in [5, 5.41) is 0. The van der Waals surface area contributed by atoms with Gasteiger partial charge in [-0.2, -0.15) is 0 Å². The van der Waals surface area contributed by atoms with Gasteiger partial charge in [0.05, 0.1) is 0 Å². The Kier molecular flexibility index (Phi) is 7.78. The molecule has 0 bridgehead atoms. The van der Waals surface area contributed by atoms with Crippen LogP contribution in [0.25, 0.3) is 0 Å². The monoisotopic (exact) mass is 591 g/mol. The van der Waals surface area contributed by atoms with Crippen LogP contribution < -0.4 is 25.9 Å². The standard InChI is InChI=1S/C25H21BrIO4/c1-4-31-24-21(23(29)18-7-5-15(2)6-8-18)13-19(14-22(24)26)25(30)27-20-11-9-17(10-12-20)16(3)28/h5-14H,4H2,1-3H3/q-1. The van der Waals surface area contributed by atoms with E-state index in [1.165, 1.54) is 6.92 Å². The van der Waals surface area contributed by atoms with Crippen molar-refractivity contribution < 1.29 is 40.3 Å². The molecule has 0 spiro atoms. The molecule has 0 aliphatic rings. The third kappa shape index (κ3) is 5.68. The van der Waals surface area contributed by atoms with Crippen molar-refractivity contribution in [2.45, 2.75) is 20.8 Å². The Balaban J connectivity index is 1.95. The average molecular weight is 592 g/mol. The Labute approximate surface area is 200 Å². The van der Waals surface area contributed by atoms with E-state index in [0.717, 1.165) is 9.13 Å².